The first kappa shape index (κ1) is 18.7. The molecule has 0 saturated heterocycles. The molecule has 0 spiro atoms. The zero-order valence-corrected chi connectivity index (χ0v) is 13.4. The van der Waals surface area contributed by atoms with Crippen molar-refractivity contribution >= 4 is 12.1 Å². The molecular formula is C15H28O5. The van der Waals surface area contributed by atoms with E-state index in [2.05, 4.69) is 13.8 Å². The van der Waals surface area contributed by atoms with Crippen LogP contribution in [0, 0.1) is 11.3 Å². The lowest BCUT2D eigenvalue weighted by Gasteiger charge is -2.31. The summed E-state index contributed by atoms with van der Waals surface area (Å²) in [6.07, 6.45) is 1.15. The summed E-state index contributed by atoms with van der Waals surface area (Å²) >= 11 is 0. The van der Waals surface area contributed by atoms with Crippen LogP contribution in [0.15, 0.2) is 0 Å². The molecule has 5 heteroatoms. The van der Waals surface area contributed by atoms with Crippen LogP contribution in [0.2, 0.25) is 0 Å². The first-order chi connectivity index (χ1) is 9.41. The molecule has 0 fully saturated rings. The highest BCUT2D eigenvalue weighted by atomic mass is 16.7. The van der Waals surface area contributed by atoms with Crippen molar-refractivity contribution in [1.82, 2.24) is 0 Å². The molecule has 1 atom stereocenters. The van der Waals surface area contributed by atoms with Crippen LogP contribution in [0.5, 0.6) is 0 Å². The van der Waals surface area contributed by atoms with E-state index < -0.39 is 11.6 Å². The number of hydrogen-bond donors (Lipinski definition) is 0. The first-order valence-corrected chi connectivity index (χ1v) is 7.38. The molecule has 20 heavy (non-hydrogen) atoms. The summed E-state index contributed by atoms with van der Waals surface area (Å²) in [5.41, 5.74) is -0.587. The van der Waals surface area contributed by atoms with Crippen molar-refractivity contribution in [3.05, 3.63) is 0 Å². The molecule has 1 unspecified atom stereocenters. The number of esters is 1. The quantitative estimate of drug-likeness (QED) is 0.607. The number of ether oxygens (including phenoxy) is 3. The molecule has 0 aliphatic heterocycles. The topological polar surface area (TPSA) is 61.8 Å². The van der Waals surface area contributed by atoms with Crippen LogP contribution in [0.25, 0.3) is 0 Å². The van der Waals surface area contributed by atoms with Gasteiger partial charge in [-0.2, -0.15) is 0 Å². The molecule has 0 heterocycles. The molecule has 0 amide bonds. The van der Waals surface area contributed by atoms with E-state index in [9.17, 15) is 9.59 Å². The molecule has 0 aromatic carbocycles. The predicted octanol–water partition coefficient (Wildman–Crippen LogP) is 3.56. The van der Waals surface area contributed by atoms with Gasteiger partial charge in [-0.1, -0.05) is 20.8 Å². The molecule has 0 aromatic rings. The van der Waals surface area contributed by atoms with E-state index in [1.807, 2.05) is 6.92 Å². The third kappa shape index (κ3) is 6.26. The van der Waals surface area contributed by atoms with E-state index in [1.54, 1.807) is 13.8 Å². The van der Waals surface area contributed by atoms with Crippen molar-refractivity contribution in [2.45, 2.75) is 53.9 Å². The molecule has 5 nitrogen and oxygen atoms in total. The van der Waals surface area contributed by atoms with Gasteiger partial charge in [0.15, 0.2) is 0 Å². The summed E-state index contributed by atoms with van der Waals surface area (Å²) in [5, 5.41) is 0. The van der Waals surface area contributed by atoms with Gasteiger partial charge in [0.25, 0.3) is 0 Å². The fraction of sp³-hybridized carbons (Fsp3) is 0.867. The van der Waals surface area contributed by atoms with Crippen molar-refractivity contribution in [3.63, 3.8) is 0 Å². The Bertz CT molecular complexity index is 301. The normalized spacial score (nSPS) is 13.7. The monoisotopic (exact) mass is 288 g/mol. The van der Waals surface area contributed by atoms with Gasteiger partial charge in [0.05, 0.1) is 25.2 Å². The van der Waals surface area contributed by atoms with Crippen LogP contribution in [0.1, 0.15) is 53.9 Å². The largest absolute Gasteiger partial charge is 0.508 e. The van der Waals surface area contributed by atoms with E-state index in [0.29, 0.717) is 31.8 Å². The second-order valence-corrected chi connectivity index (χ2v) is 5.23. The summed E-state index contributed by atoms with van der Waals surface area (Å²) < 4.78 is 14.9. The van der Waals surface area contributed by atoms with Gasteiger partial charge in [-0.05, 0) is 39.0 Å². The summed E-state index contributed by atoms with van der Waals surface area (Å²) in [7, 11) is 0. The van der Waals surface area contributed by atoms with Crippen LogP contribution in [0.4, 0.5) is 4.79 Å². The van der Waals surface area contributed by atoms with Crippen molar-refractivity contribution < 1.29 is 23.8 Å². The van der Waals surface area contributed by atoms with Crippen LogP contribution < -0.4 is 0 Å². The van der Waals surface area contributed by atoms with Crippen LogP contribution >= 0.6 is 0 Å². The maximum atomic E-state index is 12.2. The van der Waals surface area contributed by atoms with E-state index in [4.69, 9.17) is 14.2 Å². The average molecular weight is 288 g/mol. The van der Waals surface area contributed by atoms with Gasteiger partial charge in [-0.3, -0.25) is 4.79 Å². The Kier molecular flexibility index (Phi) is 9.01. The molecule has 0 aliphatic rings. The minimum atomic E-state index is -0.689. The minimum Gasteiger partial charge on any atom is -0.466 e. The molecule has 0 radical (unpaired) electrons. The van der Waals surface area contributed by atoms with Crippen molar-refractivity contribution in [2.75, 3.05) is 19.8 Å². The molecule has 118 valence electrons. The SMILES string of the molecule is CCOC(=O)OCCC(CC)(CC(C)C)C(=O)OCC. The van der Waals surface area contributed by atoms with Gasteiger partial charge >= 0.3 is 12.1 Å². The highest BCUT2D eigenvalue weighted by Gasteiger charge is 2.38. The van der Waals surface area contributed by atoms with Crippen LogP contribution in [-0.2, 0) is 19.0 Å². The fourth-order valence-corrected chi connectivity index (χ4v) is 2.31. The second-order valence-electron chi connectivity index (χ2n) is 5.23. The van der Waals surface area contributed by atoms with Gasteiger partial charge in [0.1, 0.15) is 0 Å². The Balaban J connectivity index is 4.66. The zero-order chi connectivity index (χ0) is 15.6. The van der Waals surface area contributed by atoms with Gasteiger partial charge in [0.2, 0.25) is 0 Å². The van der Waals surface area contributed by atoms with Crippen molar-refractivity contribution in [1.29, 1.82) is 0 Å². The Morgan fingerprint density at radius 1 is 1.00 bits per heavy atom. The third-order valence-electron chi connectivity index (χ3n) is 3.25. The molecule has 0 bridgehead atoms. The van der Waals surface area contributed by atoms with Gasteiger partial charge in [0, 0.05) is 0 Å². The highest BCUT2D eigenvalue weighted by molar-refractivity contribution is 5.76. The molecule has 0 aromatic heterocycles. The predicted molar refractivity (Wildman–Crippen MR) is 76.4 cm³/mol. The minimum absolute atomic E-state index is 0.165. The molecule has 0 aliphatic carbocycles. The standard InChI is InChI=1S/C15H28O5/c1-6-15(11-12(4)5,13(16)18-7-2)9-10-20-14(17)19-8-3/h12H,6-11H2,1-5H3. The molecule has 0 saturated carbocycles. The lowest BCUT2D eigenvalue weighted by Crippen LogP contribution is -2.35. The van der Waals surface area contributed by atoms with Crippen molar-refractivity contribution in [3.8, 4) is 0 Å². The third-order valence-corrected chi connectivity index (χ3v) is 3.25. The summed E-state index contributed by atoms with van der Waals surface area (Å²) in [6.45, 7) is 10.4. The smallest absolute Gasteiger partial charge is 0.466 e. The second kappa shape index (κ2) is 9.61. The maximum absolute atomic E-state index is 12.2. The maximum Gasteiger partial charge on any atom is 0.508 e. The Hall–Kier alpha value is -1.26. The van der Waals surface area contributed by atoms with Crippen molar-refractivity contribution in [2.24, 2.45) is 11.3 Å². The van der Waals surface area contributed by atoms with Crippen LogP contribution in [-0.4, -0.2) is 31.9 Å². The molecule has 0 rings (SSSR count). The van der Waals surface area contributed by atoms with E-state index in [1.165, 1.54) is 0 Å². The lowest BCUT2D eigenvalue weighted by atomic mass is 9.75. The summed E-state index contributed by atoms with van der Waals surface area (Å²) in [4.78, 5) is 23.4. The van der Waals surface area contributed by atoms with E-state index >= 15 is 0 Å². The lowest BCUT2D eigenvalue weighted by molar-refractivity contribution is -0.158. The van der Waals surface area contributed by atoms with E-state index in [0.717, 1.165) is 0 Å². The van der Waals surface area contributed by atoms with E-state index in [-0.39, 0.29) is 19.2 Å². The Labute approximate surface area is 122 Å². The average Bonchev–Trinajstić information content (AvgIpc) is 2.37. The molecular weight excluding hydrogens is 260 g/mol. The van der Waals surface area contributed by atoms with Gasteiger partial charge < -0.3 is 14.2 Å². The Morgan fingerprint density at radius 3 is 2.05 bits per heavy atom. The number of carbonyl (C=O) groups is 2. The fourth-order valence-electron chi connectivity index (χ4n) is 2.31. The summed E-state index contributed by atoms with van der Waals surface area (Å²) in [5.74, 6) is 0.158. The molecule has 0 N–H and O–H groups in total. The highest BCUT2D eigenvalue weighted by Crippen LogP contribution is 2.35. The number of hydrogen-bond acceptors (Lipinski definition) is 5. The number of carbonyl (C=O) groups excluding carboxylic acids is 2. The van der Waals surface area contributed by atoms with Gasteiger partial charge in [-0.25, -0.2) is 4.79 Å². The first-order valence-electron chi connectivity index (χ1n) is 7.38. The van der Waals surface area contributed by atoms with Gasteiger partial charge in [-0.15, -0.1) is 0 Å². The zero-order valence-electron chi connectivity index (χ0n) is 13.4. The van der Waals surface area contributed by atoms with Crippen LogP contribution in [0.3, 0.4) is 0 Å². The summed E-state index contributed by atoms with van der Waals surface area (Å²) in [6, 6.07) is 0. The Morgan fingerprint density at radius 2 is 1.60 bits per heavy atom. The number of rotatable bonds is 9.